The van der Waals surface area contributed by atoms with E-state index in [2.05, 4.69) is 0 Å². The van der Waals surface area contributed by atoms with E-state index in [-0.39, 0.29) is 24.3 Å². The van der Waals surface area contributed by atoms with Crippen LogP contribution in [0.5, 0.6) is 0 Å². The van der Waals surface area contributed by atoms with Gasteiger partial charge in [-0.1, -0.05) is 6.07 Å². The van der Waals surface area contributed by atoms with Gasteiger partial charge in [-0.3, -0.25) is 4.79 Å². The minimum Gasteiger partial charge on any atom is -0.397 e. The molecule has 5 nitrogen and oxygen atoms in total. The molecule has 3 N–H and O–H groups in total. The molecule has 7 heteroatoms. The van der Waals surface area contributed by atoms with Crippen LogP contribution in [0.15, 0.2) is 18.2 Å². The lowest BCUT2D eigenvalue weighted by atomic mass is 10.2. The molecule has 1 aromatic carbocycles. The summed E-state index contributed by atoms with van der Waals surface area (Å²) in [6.45, 7) is 0.980. The summed E-state index contributed by atoms with van der Waals surface area (Å²) < 4.78 is 19.8. The molecule has 21 heavy (non-hydrogen) atoms. The van der Waals surface area contributed by atoms with Crippen LogP contribution in [-0.2, 0) is 4.74 Å². The van der Waals surface area contributed by atoms with Crippen LogP contribution < -0.4 is 5.73 Å². The number of nitrogens with two attached hydrogens (primary N) is 1. The number of morpholine rings is 1. The topological polar surface area (TPSA) is 75.8 Å². The smallest absolute Gasteiger partial charge is 0.266 e. The largest absolute Gasteiger partial charge is 0.397 e. The van der Waals surface area contributed by atoms with Crippen molar-refractivity contribution in [2.75, 3.05) is 32.0 Å². The highest BCUT2D eigenvalue weighted by atomic mass is 32.1. The van der Waals surface area contributed by atoms with Crippen LogP contribution in [0.3, 0.4) is 0 Å². The summed E-state index contributed by atoms with van der Waals surface area (Å²) in [6, 6.07) is 4.67. The van der Waals surface area contributed by atoms with Gasteiger partial charge in [-0.05, 0) is 12.1 Å². The summed E-state index contributed by atoms with van der Waals surface area (Å²) >= 11 is 1.19. The van der Waals surface area contributed by atoms with Gasteiger partial charge in [0.25, 0.3) is 5.91 Å². The number of hydrogen-bond donors (Lipinski definition) is 2. The number of fused-ring (bicyclic) bond motifs is 1. The Labute approximate surface area is 124 Å². The summed E-state index contributed by atoms with van der Waals surface area (Å²) in [5, 5.41) is 9.44. The summed E-state index contributed by atoms with van der Waals surface area (Å²) in [5.41, 5.74) is 6.14. The molecule has 0 bridgehead atoms. The van der Waals surface area contributed by atoms with Crippen LogP contribution in [-0.4, -0.2) is 48.3 Å². The number of anilines is 1. The maximum atomic E-state index is 13.8. The number of aliphatic hydroxyl groups excluding tert-OH is 1. The summed E-state index contributed by atoms with van der Waals surface area (Å²) in [4.78, 5) is 14.5. The first kappa shape index (κ1) is 14.2. The summed E-state index contributed by atoms with van der Waals surface area (Å²) in [6.07, 6.45) is -0.380. The molecule has 2 heterocycles. The monoisotopic (exact) mass is 310 g/mol. The first-order valence-corrected chi connectivity index (χ1v) is 7.41. The second-order valence-electron chi connectivity index (χ2n) is 4.88. The molecule has 1 saturated heterocycles. The molecule has 0 aliphatic carbocycles. The molecule has 1 fully saturated rings. The lowest BCUT2D eigenvalue weighted by Crippen LogP contribution is -2.46. The molecule has 0 saturated carbocycles. The van der Waals surface area contributed by atoms with E-state index in [0.717, 1.165) is 0 Å². The van der Waals surface area contributed by atoms with Crippen molar-refractivity contribution in [2.24, 2.45) is 0 Å². The number of halogens is 1. The zero-order chi connectivity index (χ0) is 15.0. The third kappa shape index (κ3) is 2.48. The zero-order valence-corrected chi connectivity index (χ0v) is 12.0. The molecule has 1 aliphatic rings. The Hall–Kier alpha value is -1.70. The second-order valence-corrected chi connectivity index (χ2v) is 5.94. The van der Waals surface area contributed by atoms with Gasteiger partial charge < -0.3 is 20.5 Å². The van der Waals surface area contributed by atoms with Crippen LogP contribution in [0.2, 0.25) is 0 Å². The standard InChI is InChI=1S/C14H15FN2O3S/c15-9-2-1-3-10-11(9)12(16)13(21-10)14(19)17-4-5-20-8(6-17)7-18/h1-3,8,18H,4-7,16H2. The lowest BCUT2D eigenvalue weighted by molar-refractivity contribution is -0.0445. The third-order valence-corrected chi connectivity index (χ3v) is 4.68. The number of benzene rings is 1. The summed E-state index contributed by atoms with van der Waals surface area (Å²) in [7, 11) is 0. The number of nitrogens with zero attached hydrogens (tertiary/aromatic N) is 1. The maximum Gasteiger partial charge on any atom is 0.266 e. The molecule has 2 aromatic rings. The van der Waals surface area contributed by atoms with Crippen LogP contribution in [0.4, 0.5) is 10.1 Å². The number of aliphatic hydroxyl groups is 1. The fourth-order valence-electron chi connectivity index (χ4n) is 2.45. The van der Waals surface area contributed by atoms with Crippen molar-refractivity contribution in [1.29, 1.82) is 0 Å². The molecule has 0 spiro atoms. The Bertz CT molecular complexity index is 688. The number of nitrogen functional groups attached to an aromatic ring is 1. The van der Waals surface area contributed by atoms with Gasteiger partial charge in [-0.2, -0.15) is 0 Å². The van der Waals surface area contributed by atoms with Crippen molar-refractivity contribution in [3.05, 3.63) is 28.9 Å². The first-order valence-electron chi connectivity index (χ1n) is 6.60. The van der Waals surface area contributed by atoms with Crippen molar-refractivity contribution in [1.82, 2.24) is 4.90 Å². The molecule has 1 aliphatic heterocycles. The molecule has 112 valence electrons. The Morgan fingerprint density at radius 2 is 2.38 bits per heavy atom. The van der Waals surface area contributed by atoms with E-state index >= 15 is 0 Å². The highest BCUT2D eigenvalue weighted by Gasteiger charge is 2.28. The average Bonchev–Trinajstić information content (AvgIpc) is 2.85. The first-order chi connectivity index (χ1) is 10.1. The number of rotatable bonds is 2. The lowest BCUT2D eigenvalue weighted by Gasteiger charge is -2.31. The van der Waals surface area contributed by atoms with Gasteiger partial charge in [0.05, 0.1) is 30.4 Å². The quantitative estimate of drug-likeness (QED) is 0.880. The fourth-order valence-corrected chi connectivity index (χ4v) is 3.55. The van der Waals surface area contributed by atoms with Crippen molar-refractivity contribution >= 4 is 33.0 Å². The molecule has 1 unspecified atom stereocenters. The molecule has 3 rings (SSSR count). The van der Waals surface area contributed by atoms with E-state index in [1.54, 1.807) is 17.0 Å². The Morgan fingerprint density at radius 1 is 1.57 bits per heavy atom. The highest BCUT2D eigenvalue weighted by molar-refractivity contribution is 7.21. The van der Waals surface area contributed by atoms with Gasteiger partial charge in [0, 0.05) is 17.8 Å². The van der Waals surface area contributed by atoms with E-state index in [4.69, 9.17) is 15.6 Å². The number of thiophene rings is 1. The number of ether oxygens (including phenoxy) is 1. The number of amides is 1. The summed E-state index contributed by atoms with van der Waals surface area (Å²) in [5.74, 6) is -0.662. The maximum absolute atomic E-state index is 13.8. The molecule has 1 atom stereocenters. The van der Waals surface area contributed by atoms with Gasteiger partial charge in [0.15, 0.2) is 0 Å². The van der Waals surface area contributed by atoms with Gasteiger partial charge in [-0.25, -0.2) is 4.39 Å². The molecular formula is C14H15FN2O3S. The molecular weight excluding hydrogens is 295 g/mol. The average molecular weight is 310 g/mol. The predicted molar refractivity (Wildman–Crippen MR) is 78.9 cm³/mol. The third-order valence-electron chi connectivity index (χ3n) is 3.53. The van der Waals surface area contributed by atoms with E-state index in [9.17, 15) is 9.18 Å². The van der Waals surface area contributed by atoms with E-state index in [1.165, 1.54) is 17.4 Å². The van der Waals surface area contributed by atoms with Crippen molar-refractivity contribution in [3.8, 4) is 0 Å². The van der Waals surface area contributed by atoms with E-state index in [1.807, 2.05) is 0 Å². The molecule has 1 aromatic heterocycles. The van der Waals surface area contributed by atoms with E-state index in [0.29, 0.717) is 34.7 Å². The van der Waals surface area contributed by atoms with Crippen molar-refractivity contribution in [3.63, 3.8) is 0 Å². The van der Waals surface area contributed by atoms with Crippen LogP contribution >= 0.6 is 11.3 Å². The minimum absolute atomic E-state index is 0.139. The molecule has 0 radical (unpaired) electrons. The van der Waals surface area contributed by atoms with Crippen molar-refractivity contribution in [2.45, 2.75) is 6.10 Å². The van der Waals surface area contributed by atoms with Gasteiger partial charge in [0.1, 0.15) is 10.7 Å². The van der Waals surface area contributed by atoms with Gasteiger partial charge in [-0.15, -0.1) is 11.3 Å². The molecule has 1 amide bonds. The Balaban J connectivity index is 1.95. The number of carbonyl (C=O) groups excluding carboxylic acids is 1. The number of hydrogen-bond acceptors (Lipinski definition) is 5. The Kier molecular flexibility index (Phi) is 3.79. The Morgan fingerprint density at radius 3 is 3.10 bits per heavy atom. The minimum atomic E-state index is -0.421. The van der Waals surface area contributed by atoms with E-state index < -0.39 is 5.82 Å². The second kappa shape index (κ2) is 5.59. The van der Waals surface area contributed by atoms with Crippen LogP contribution in [0, 0.1) is 5.82 Å². The SMILES string of the molecule is Nc1c(C(=O)N2CCOC(CO)C2)sc2cccc(F)c12. The van der Waals surface area contributed by atoms with Crippen molar-refractivity contribution < 1.29 is 19.0 Å². The number of carbonyl (C=O) groups is 1. The van der Waals surface area contributed by atoms with Crippen LogP contribution in [0.25, 0.3) is 10.1 Å². The zero-order valence-electron chi connectivity index (χ0n) is 11.2. The van der Waals surface area contributed by atoms with Crippen LogP contribution in [0.1, 0.15) is 9.67 Å². The normalized spacial score (nSPS) is 19.1. The predicted octanol–water partition coefficient (Wildman–Crippen LogP) is 1.46. The fraction of sp³-hybridized carbons (Fsp3) is 0.357. The highest BCUT2D eigenvalue weighted by Crippen LogP contribution is 2.36. The van der Waals surface area contributed by atoms with Gasteiger partial charge >= 0.3 is 0 Å². The van der Waals surface area contributed by atoms with Gasteiger partial charge in [0.2, 0.25) is 0 Å².